The van der Waals surface area contributed by atoms with Gasteiger partial charge in [0.1, 0.15) is 0 Å². The number of anilines is 1. The molecule has 1 heterocycles. The SMILES string of the molecule is Nc1ccc(Br)cc1SCC(=O)N1CCNC1=O. The summed E-state index contributed by atoms with van der Waals surface area (Å²) < 4.78 is 0.908. The Kier molecular flexibility index (Phi) is 4.13. The van der Waals surface area contributed by atoms with E-state index >= 15 is 0 Å². The van der Waals surface area contributed by atoms with E-state index in [9.17, 15) is 9.59 Å². The normalized spacial score (nSPS) is 14.7. The van der Waals surface area contributed by atoms with Crippen LogP contribution in [0.2, 0.25) is 0 Å². The maximum Gasteiger partial charge on any atom is 0.324 e. The molecule has 2 rings (SSSR count). The summed E-state index contributed by atoms with van der Waals surface area (Å²) in [6.07, 6.45) is 0. The van der Waals surface area contributed by atoms with E-state index in [0.29, 0.717) is 18.8 Å². The quantitative estimate of drug-likeness (QED) is 0.653. The summed E-state index contributed by atoms with van der Waals surface area (Å²) in [4.78, 5) is 25.2. The number of benzene rings is 1. The van der Waals surface area contributed by atoms with Crippen molar-refractivity contribution < 1.29 is 9.59 Å². The number of urea groups is 1. The van der Waals surface area contributed by atoms with Gasteiger partial charge in [-0.05, 0) is 18.2 Å². The number of nitrogens with two attached hydrogens (primary N) is 1. The average Bonchev–Trinajstić information content (AvgIpc) is 2.76. The Morgan fingerprint density at radius 1 is 1.56 bits per heavy atom. The second-order valence-electron chi connectivity index (χ2n) is 3.75. The Hall–Kier alpha value is -1.21. The number of thioether (sulfide) groups is 1. The number of nitrogens with one attached hydrogen (secondary N) is 1. The van der Waals surface area contributed by atoms with E-state index in [1.165, 1.54) is 16.7 Å². The smallest absolute Gasteiger partial charge is 0.324 e. The molecule has 0 spiro atoms. The van der Waals surface area contributed by atoms with Gasteiger partial charge in [0.05, 0.1) is 5.75 Å². The molecular weight excluding hydrogens is 318 g/mol. The number of rotatable bonds is 3. The maximum atomic E-state index is 11.8. The van der Waals surface area contributed by atoms with Gasteiger partial charge in [0, 0.05) is 28.1 Å². The predicted molar refractivity (Wildman–Crippen MR) is 74.4 cm³/mol. The maximum absolute atomic E-state index is 11.8. The molecule has 18 heavy (non-hydrogen) atoms. The number of hydrogen-bond acceptors (Lipinski definition) is 4. The van der Waals surface area contributed by atoms with Crippen LogP contribution in [0.1, 0.15) is 0 Å². The Bertz CT molecular complexity index is 495. The molecule has 7 heteroatoms. The van der Waals surface area contributed by atoms with Gasteiger partial charge in [-0.2, -0.15) is 0 Å². The van der Waals surface area contributed by atoms with Crippen LogP contribution in [-0.4, -0.2) is 35.7 Å². The number of halogens is 1. The third-order valence-electron chi connectivity index (χ3n) is 2.48. The fourth-order valence-corrected chi connectivity index (χ4v) is 2.95. The molecule has 1 aromatic carbocycles. The molecule has 1 aliphatic rings. The summed E-state index contributed by atoms with van der Waals surface area (Å²) in [5.74, 6) is 0.00280. The lowest BCUT2D eigenvalue weighted by Crippen LogP contribution is -2.35. The number of carbonyl (C=O) groups is 2. The van der Waals surface area contributed by atoms with E-state index in [-0.39, 0.29) is 17.7 Å². The monoisotopic (exact) mass is 329 g/mol. The van der Waals surface area contributed by atoms with Crippen molar-refractivity contribution in [2.24, 2.45) is 0 Å². The molecule has 1 aromatic rings. The highest BCUT2D eigenvalue weighted by molar-refractivity contribution is 9.10. The first-order valence-corrected chi connectivity index (χ1v) is 7.12. The summed E-state index contributed by atoms with van der Waals surface area (Å²) in [6.45, 7) is 0.959. The largest absolute Gasteiger partial charge is 0.398 e. The van der Waals surface area contributed by atoms with E-state index < -0.39 is 0 Å². The number of nitrogen functional groups attached to an aromatic ring is 1. The van der Waals surface area contributed by atoms with Gasteiger partial charge < -0.3 is 11.1 Å². The van der Waals surface area contributed by atoms with Crippen molar-refractivity contribution in [2.45, 2.75) is 4.90 Å². The van der Waals surface area contributed by atoms with Crippen LogP contribution in [0, 0.1) is 0 Å². The summed E-state index contributed by atoms with van der Waals surface area (Å²) in [6, 6.07) is 5.16. The highest BCUT2D eigenvalue weighted by Gasteiger charge is 2.25. The van der Waals surface area contributed by atoms with Crippen LogP contribution in [0.4, 0.5) is 10.5 Å². The van der Waals surface area contributed by atoms with Gasteiger partial charge in [0.25, 0.3) is 0 Å². The molecule has 0 aromatic heterocycles. The number of hydrogen-bond donors (Lipinski definition) is 2. The zero-order valence-electron chi connectivity index (χ0n) is 9.48. The zero-order chi connectivity index (χ0) is 13.1. The van der Waals surface area contributed by atoms with Crippen molar-refractivity contribution in [1.82, 2.24) is 10.2 Å². The molecule has 96 valence electrons. The molecule has 0 radical (unpaired) electrons. The molecule has 1 fully saturated rings. The van der Waals surface area contributed by atoms with Crippen molar-refractivity contribution in [1.29, 1.82) is 0 Å². The Labute approximate surface area is 117 Å². The average molecular weight is 330 g/mol. The molecule has 1 aliphatic heterocycles. The molecule has 0 atom stereocenters. The topological polar surface area (TPSA) is 75.4 Å². The molecule has 0 saturated carbocycles. The van der Waals surface area contributed by atoms with Crippen LogP contribution in [0.5, 0.6) is 0 Å². The van der Waals surface area contributed by atoms with Gasteiger partial charge in [0.15, 0.2) is 0 Å². The molecule has 0 unspecified atom stereocenters. The minimum atomic E-state index is -0.317. The van der Waals surface area contributed by atoms with Crippen LogP contribution in [0.25, 0.3) is 0 Å². The van der Waals surface area contributed by atoms with Crippen LogP contribution < -0.4 is 11.1 Å². The Morgan fingerprint density at radius 3 is 3.00 bits per heavy atom. The van der Waals surface area contributed by atoms with E-state index in [1.54, 1.807) is 6.07 Å². The highest BCUT2D eigenvalue weighted by Crippen LogP contribution is 2.28. The second kappa shape index (κ2) is 5.62. The van der Waals surface area contributed by atoms with E-state index in [1.807, 2.05) is 12.1 Å². The van der Waals surface area contributed by atoms with Crippen LogP contribution in [0.15, 0.2) is 27.6 Å². The van der Waals surface area contributed by atoms with Gasteiger partial charge in [-0.1, -0.05) is 15.9 Å². The van der Waals surface area contributed by atoms with Crippen molar-refractivity contribution >= 4 is 45.3 Å². The van der Waals surface area contributed by atoms with Crippen molar-refractivity contribution in [3.63, 3.8) is 0 Å². The van der Waals surface area contributed by atoms with E-state index in [0.717, 1.165) is 9.37 Å². The summed E-state index contributed by atoms with van der Waals surface area (Å²) in [5, 5.41) is 2.59. The molecule has 0 bridgehead atoms. The number of imide groups is 1. The number of amides is 3. The van der Waals surface area contributed by atoms with Crippen molar-refractivity contribution in [3.05, 3.63) is 22.7 Å². The lowest BCUT2D eigenvalue weighted by molar-refractivity contribution is -0.124. The van der Waals surface area contributed by atoms with E-state index in [4.69, 9.17) is 5.73 Å². The number of nitrogens with zero attached hydrogens (tertiary/aromatic N) is 1. The number of carbonyl (C=O) groups excluding carboxylic acids is 2. The summed E-state index contributed by atoms with van der Waals surface area (Å²) >= 11 is 4.68. The van der Waals surface area contributed by atoms with Gasteiger partial charge in [-0.3, -0.25) is 9.69 Å². The predicted octanol–water partition coefficient (Wildman–Crippen LogP) is 1.68. The third kappa shape index (κ3) is 2.97. The lowest BCUT2D eigenvalue weighted by atomic mass is 10.3. The standard InChI is InChI=1S/C11H12BrN3O2S/c12-7-1-2-8(13)9(5-7)18-6-10(16)15-4-3-14-11(15)17/h1-2,5H,3-4,6,13H2,(H,14,17). The van der Waals surface area contributed by atoms with Gasteiger partial charge >= 0.3 is 6.03 Å². The minimum absolute atomic E-state index is 0.200. The third-order valence-corrected chi connectivity index (χ3v) is 4.03. The molecule has 3 N–H and O–H groups in total. The lowest BCUT2D eigenvalue weighted by Gasteiger charge is -2.12. The van der Waals surface area contributed by atoms with Crippen LogP contribution >= 0.6 is 27.7 Å². The second-order valence-corrected chi connectivity index (χ2v) is 5.68. The van der Waals surface area contributed by atoms with Gasteiger partial charge in [-0.25, -0.2) is 4.79 Å². The fraction of sp³-hybridized carbons (Fsp3) is 0.273. The summed E-state index contributed by atoms with van der Waals surface area (Å²) in [5.41, 5.74) is 6.44. The van der Waals surface area contributed by atoms with Crippen LogP contribution in [-0.2, 0) is 4.79 Å². The molecular formula is C11H12BrN3O2S. The summed E-state index contributed by atoms with van der Waals surface area (Å²) in [7, 11) is 0. The van der Waals surface area contributed by atoms with Crippen molar-refractivity contribution in [2.75, 3.05) is 24.6 Å². The Balaban J connectivity index is 1.97. The fourth-order valence-electron chi connectivity index (χ4n) is 1.56. The first-order valence-electron chi connectivity index (χ1n) is 5.34. The van der Waals surface area contributed by atoms with E-state index in [2.05, 4.69) is 21.2 Å². The minimum Gasteiger partial charge on any atom is -0.398 e. The highest BCUT2D eigenvalue weighted by atomic mass is 79.9. The Morgan fingerprint density at radius 2 is 2.33 bits per heavy atom. The first kappa shape index (κ1) is 13.2. The van der Waals surface area contributed by atoms with Crippen LogP contribution in [0.3, 0.4) is 0 Å². The zero-order valence-corrected chi connectivity index (χ0v) is 11.9. The molecule has 0 aliphatic carbocycles. The molecule has 1 saturated heterocycles. The van der Waals surface area contributed by atoms with Gasteiger partial charge in [0.2, 0.25) is 5.91 Å². The van der Waals surface area contributed by atoms with Crippen molar-refractivity contribution in [3.8, 4) is 0 Å². The molecule has 5 nitrogen and oxygen atoms in total. The molecule has 3 amide bonds. The van der Waals surface area contributed by atoms with Gasteiger partial charge in [-0.15, -0.1) is 11.8 Å². The first-order chi connectivity index (χ1) is 8.58.